The van der Waals surface area contributed by atoms with E-state index >= 15 is 0 Å². The zero-order valence-corrected chi connectivity index (χ0v) is 16.1. The predicted molar refractivity (Wildman–Crippen MR) is 104 cm³/mol. The minimum atomic E-state index is -0.266. The van der Waals surface area contributed by atoms with Gasteiger partial charge in [0.2, 0.25) is 5.91 Å². The summed E-state index contributed by atoms with van der Waals surface area (Å²) in [5, 5.41) is 15.9. The number of carbonyl (C=O) groups is 2. The zero-order valence-electron chi connectivity index (χ0n) is 16.1. The van der Waals surface area contributed by atoms with Crippen LogP contribution in [-0.2, 0) is 4.79 Å². The highest BCUT2D eigenvalue weighted by Crippen LogP contribution is 2.40. The Morgan fingerprint density at radius 1 is 1.11 bits per heavy atom. The lowest BCUT2D eigenvalue weighted by Crippen LogP contribution is -2.70. The summed E-state index contributed by atoms with van der Waals surface area (Å²) >= 11 is 0. The summed E-state index contributed by atoms with van der Waals surface area (Å²) in [6.45, 7) is 2.94. The first-order chi connectivity index (χ1) is 13.2. The molecule has 1 aromatic rings. The number of likely N-dealkylation sites (tertiary alicyclic amines) is 1. The number of aliphatic hydroxyl groups is 1. The highest BCUT2D eigenvalue weighted by atomic mass is 16.3. The van der Waals surface area contributed by atoms with Crippen molar-refractivity contribution in [2.45, 2.75) is 57.0 Å². The first-order valence-electron chi connectivity index (χ1n) is 10.2. The Morgan fingerprint density at radius 2 is 1.81 bits per heavy atom. The molecule has 6 nitrogen and oxygen atoms in total. The Bertz CT molecular complexity index is 631. The quantitative estimate of drug-likeness (QED) is 0.686. The summed E-state index contributed by atoms with van der Waals surface area (Å²) in [4.78, 5) is 26.8. The lowest BCUT2D eigenvalue weighted by Gasteiger charge is -2.54. The van der Waals surface area contributed by atoms with E-state index in [-0.39, 0.29) is 42.5 Å². The van der Waals surface area contributed by atoms with E-state index in [1.807, 2.05) is 37.3 Å². The Balaban J connectivity index is 1.72. The van der Waals surface area contributed by atoms with Crippen LogP contribution in [0, 0.1) is 5.92 Å². The topological polar surface area (TPSA) is 81.7 Å². The maximum Gasteiger partial charge on any atom is 0.318 e. The lowest BCUT2D eigenvalue weighted by atomic mass is 9.75. The molecule has 3 N–H and O–H groups in total. The van der Waals surface area contributed by atoms with Crippen LogP contribution in [0.3, 0.4) is 0 Å². The molecule has 0 radical (unpaired) electrons. The number of amides is 3. The van der Waals surface area contributed by atoms with Gasteiger partial charge in [0.15, 0.2) is 0 Å². The molecule has 3 amide bonds. The van der Waals surface area contributed by atoms with Crippen molar-refractivity contribution in [1.29, 1.82) is 0 Å². The van der Waals surface area contributed by atoms with Gasteiger partial charge in [-0.25, -0.2) is 4.79 Å². The van der Waals surface area contributed by atoms with Crippen LogP contribution in [-0.4, -0.2) is 53.7 Å². The Labute approximate surface area is 161 Å². The van der Waals surface area contributed by atoms with Gasteiger partial charge in [-0.3, -0.25) is 4.79 Å². The summed E-state index contributed by atoms with van der Waals surface area (Å²) in [7, 11) is 0. The molecule has 27 heavy (non-hydrogen) atoms. The SMILES string of the molecule is CCCNC(=O)N1[C@H](CO)[C@H](c2ccccc2)[C@@H]1CNC(=O)C1CCCC1. The maximum atomic E-state index is 12.6. The molecule has 0 aromatic heterocycles. The molecule has 3 atom stereocenters. The van der Waals surface area contributed by atoms with Crippen molar-refractivity contribution in [3.63, 3.8) is 0 Å². The fraction of sp³-hybridized carbons (Fsp3) is 0.619. The van der Waals surface area contributed by atoms with Crippen molar-refractivity contribution < 1.29 is 14.7 Å². The van der Waals surface area contributed by atoms with Crippen LogP contribution in [0.4, 0.5) is 4.79 Å². The van der Waals surface area contributed by atoms with Crippen molar-refractivity contribution in [2.75, 3.05) is 19.7 Å². The molecule has 3 rings (SSSR count). The maximum absolute atomic E-state index is 12.6. The average molecular weight is 373 g/mol. The van der Waals surface area contributed by atoms with Gasteiger partial charge in [-0.1, -0.05) is 50.1 Å². The van der Waals surface area contributed by atoms with Crippen molar-refractivity contribution >= 4 is 11.9 Å². The van der Waals surface area contributed by atoms with Gasteiger partial charge in [-0.15, -0.1) is 0 Å². The molecule has 6 heteroatoms. The number of hydrogen-bond donors (Lipinski definition) is 3. The first kappa shape index (κ1) is 19.7. The van der Waals surface area contributed by atoms with Gasteiger partial charge in [-0.2, -0.15) is 0 Å². The van der Waals surface area contributed by atoms with Crippen molar-refractivity contribution in [2.24, 2.45) is 5.92 Å². The predicted octanol–water partition coefficient (Wildman–Crippen LogP) is 2.24. The van der Waals surface area contributed by atoms with E-state index in [1.54, 1.807) is 4.90 Å². The van der Waals surface area contributed by atoms with Crippen LogP contribution in [0.25, 0.3) is 0 Å². The summed E-state index contributed by atoms with van der Waals surface area (Å²) in [5.41, 5.74) is 1.09. The van der Waals surface area contributed by atoms with Crippen molar-refractivity contribution in [3.05, 3.63) is 35.9 Å². The van der Waals surface area contributed by atoms with E-state index in [9.17, 15) is 14.7 Å². The van der Waals surface area contributed by atoms with Crippen LogP contribution >= 0.6 is 0 Å². The third-order valence-corrected chi connectivity index (χ3v) is 5.89. The van der Waals surface area contributed by atoms with Crippen LogP contribution in [0.5, 0.6) is 0 Å². The van der Waals surface area contributed by atoms with Crippen LogP contribution in [0.2, 0.25) is 0 Å². The molecule has 148 valence electrons. The number of benzene rings is 1. The molecule has 2 aliphatic rings. The molecule has 0 spiro atoms. The second kappa shape index (κ2) is 9.22. The van der Waals surface area contributed by atoms with Gasteiger partial charge in [0.1, 0.15) is 0 Å². The van der Waals surface area contributed by atoms with Gasteiger partial charge in [0, 0.05) is 24.9 Å². The van der Waals surface area contributed by atoms with E-state index in [1.165, 1.54) is 0 Å². The molecule has 1 aliphatic carbocycles. The molecule has 1 saturated heterocycles. The van der Waals surface area contributed by atoms with Crippen LogP contribution in [0.15, 0.2) is 30.3 Å². The largest absolute Gasteiger partial charge is 0.394 e. The molecular formula is C21H31N3O3. The molecule has 1 aromatic carbocycles. The van der Waals surface area contributed by atoms with E-state index in [4.69, 9.17) is 0 Å². The molecule has 1 aliphatic heterocycles. The molecule has 1 saturated carbocycles. The molecule has 2 fully saturated rings. The van der Waals surface area contributed by atoms with Gasteiger partial charge < -0.3 is 20.6 Å². The smallest absolute Gasteiger partial charge is 0.318 e. The third-order valence-electron chi connectivity index (χ3n) is 5.89. The van der Waals surface area contributed by atoms with Gasteiger partial charge in [0.05, 0.1) is 18.7 Å². The highest BCUT2D eigenvalue weighted by molar-refractivity contribution is 5.80. The number of urea groups is 1. The number of nitrogens with zero attached hydrogens (tertiary/aromatic N) is 1. The van der Waals surface area contributed by atoms with E-state index in [2.05, 4.69) is 10.6 Å². The number of carbonyl (C=O) groups excluding carboxylic acids is 2. The average Bonchev–Trinajstić information content (AvgIpc) is 3.21. The minimum Gasteiger partial charge on any atom is -0.394 e. The molecule has 0 unspecified atom stereocenters. The van der Waals surface area contributed by atoms with Gasteiger partial charge in [0.25, 0.3) is 0 Å². The summed E-state index contributed by atoms with van der Waals surface area (Å²) in [6, 6.07) is 9.38. The zero-order chi connectivity index (χ0) is 19.2. The number of nitrogens with one attached hydrogen (secondary N) is 2. The highest BCUT2D eigenvalue weighted by Gasteiger charge is 2.51. The summed E-state index contributed by atoms with van der Waals surface area (Å²) in [5.74, 6) is 0.226. The molecule has 1 heterocycles. The Morgan fingerprint density at radius 3 is 2.44 bits per heavy atom. The molecular weight excluding hydrogens is 342 g/mol. The normalized spacial score (nSPS) is 25.1. The number of rotatable bonds is 7. The Kier molecular flexibility index (Phi) is 6.72. The second-order valence-electron chi connectivity index (χ2n) is 7.62. The minimum absolute atomic E-state index is 0.0208. The lowest BCUT2D eigenvalue weighted by molar-refractivity contribution is -0.125. The third kappa shape index (κ3) is 4.26. The monoisotopic (exact) mass is 373 g/mol. The van der Waals surface area contributed by atoms with Crippen LogP contribution in [0.1, 0.15) is 50.5 Å². The molecule has 0 bridgehead atoms. The van der Waals surface area contributed by atoms with E-state index < -0.39 is 0 Å². The Hall–Kier alpha value is -2.08. The van der Waals surface area contributed by atoms with Gasteiger partial charge in [-0.05, 0) is 24.8 Å². The van der Waals surface area contributed by atoms with E-state index in [0.717, 1.165) is 37.7 Å². The summed E-state index contributed by atoms with van der Waals surface area (Å²) in [6.07, 6.45) is 5.00. The first-order valence-corrected chi connectivity index (χ1v) is 10.2. The fourth-order valence-corrected chi connectivity index (χ4v) is 4.46. The van der Waals surface area contributed by atoms with Crippen molar-refractivity contribution in [3.8, 4) is 0 Å². The van der Waals surface area contributed by atoms with Crippen LogP contribution < -0.4 is 10.6 Å². The fourth-order valence-electron chi connectivity index (χ4n) is 4.46. The van der Waals surface area contributed by atoms with E-state index in [0.29, 0.717) is 13.1 Å². The van der Waals surface area contributed by atoms with Gasteiger partial charge >= 0.3 is 6.03 Å². The standard InChI is InChI=1S/C21H31N3O3/c1-2-12-22-21(27)24-17(13-23-20(26)16-10-6-7-11-16)19(18(24)14-25)15-8-4-3-5-9-15/h3-5,8-9,16-19,25H,2,6-7,10-14H2,1H3,(H,22,27)(H,23,26)/t17-,18+,19+/m0/s1. The van der Waals surface area contributed by atoms with Crippen molar-refractivity contribution in [1.82, 2.24) is 15.5 Å². The second-order valence-corrected chi connectivity index (χ2v) is 7.62. The number of hydrogen-bond acceptors (Lipinski definition) is 3. The summed E-state index contributed by atoms with van der Waals surface area (Å²) < 4.78 is 0. The number of aliphatic hydroxyl groups excluding tert-OH is 1.